The first-order chi connectivity index (χ1) is 11.4. The first-order valence-corrected chi connectivity index (χ1v) is 7.80. The van der Waals surface area contributed by atoms with Crippen LogP contribution in [0.15, 0.2) is 45.1 Å². The Kier molecular flexibility index (Phi) is 5.53. The Hall–Kier alpha value is -2.88. The van der Waals surface area contributed by atoms with E-state index in [1.807, 2.05) is 0 Å². The number of thioether (sulfide) groups is 1. The number of urea groups is 1. The van der Waals surface area contributed by atoms with Gasteiger partial charge in [-0.1, -0.05) is 30.0 Å². The fourth-order valence-electron chi connectivity index (χ4n) is 1.73. The maximum Gasteiger partial charge on any atom is 0.353 e. The van der Waals surface area contributed by atoms with Gasteiger partial charge in [-0.05, 0) is 12.1 Å². The number of hydrogen-bond donors (Lipinski definition) is 2. The third kappa shape index (κ3) is 4.32. The van der Waals surface area contributed by atoms with Crippen molar-refractivity contribution in [1.29, 1.82) is 0 Å². The summed E-state index contributed by atoms with van der Waals surface area (Å²) in [5, 5.41) is 4.75. The van der Waals surface area contributed by atoms with Crippen LogP contribution < -0.4 is 22.0 Å². The van der Waals surface area contributed by atoms with E-state index in [1.54, 1.807) is 30.3 Å². The summed E-state index contributed by atoms with van der Waals surface area (Å²) < 4.78 is 2.01. The Morgan fingerprint density at radius 2 is 1.79 bits per heavy atom. The van der Waals surface area contributed by atoms with E-state index < -0.39 is 23.3 Å². The highest BCUT2D eigenvalue weighted by Gasteiger charge is 2.12. The minimum atomic E-state index is -0.706. The second kappa shape index (κ2) is 7.59. The zero-order valence-corrected chi connectivity index (χ0v) is 13.8. The highest BCUT2D eigenvalue weighted by molar-refractivity contribution is 7.99. The van der Waals surface area contributed by atoms with Crippen molar-refractivity contribution in [2.45, 2.75) is 5.16 Å². The van der Waals surface area contributed by atoms with Crippen LogP contribution in [0.25, 0.3) is 0 Å². The van der Waals surface area contributed by atoms with E-state index in [1.165, 1.54) is 14.1 Å². The average molecular weight is 349 g/mol. The molecule has 1 aromatic carbocycles. The lowest BCUT2D eigenvalue weighted by Gasteiger charge is -2.08. The largest absolute Gasteiger partial charge is 0.353 e. The van der Waals surface area contributed by atoms with Crippen molar-refractivity contribution in [2.24, 2.45) is 14.1 Å². The molecule has 3 amide bonds. The topological polar surface area (TPSA) is 115 Å². The summed E-state index contributed by atoms with van der Waals surface area (Å²) in [5.41, 5.74) is -0.700. The number of carbonyl (C=O) groups excluding carboxylic acids is 2. The molecule has 10 heteroatoms. The second-order valence-corrected chi connectivity index (χ2v) is 5.68. The van der Waals surface area contributed by atoms with Gasteiger partial charge in [-0.15, -0.1) is 0 Å². The summed E-state index contributed by atoms with van der Waals surface area (Å²) in [6.45, 7) is 0. The molecule has 0 bridgehead atoms. The number of benzene rings is 1. The van der Waals surface area contributed by atoms with E-state index in [0.717, 1.165) is 20.9 Å². The number of rotatable bonds is 4. The number of nitrogens with zero attached hydrogens (tertiary/aromatic N) is 3. The maximum absolute atomic E-state index is 11.8. The molecule has 0 aliphatic rings. The lowest BCUT2D eigenvalue weighted by Crippen LogP contribution is -2.40. The van der Waals surface area contributed by atoms with E-state index in [4.69, 9.17) is 0 Å². The molecule has 2 rings (SSSR count). The normalized spacial score (nSPS) is 10.2. The molecule has 24 heavy (non-hydrogen) atoms. The Balaban J connectivity index is 1.93. The van der Waals surface area contributed by atoms with Crippen LogP contribution in [0.4, 0.5) is 10.5 Å². The average Bonchev–Trinajstić information content (AvgIpc) is 2.55. The number of amides is 3. The molecule has 0 aliphatic carbocycles. The van der Waals surface area contributed by atoms with Crippen LogP contribution in [0.1, 0.15) is 0 Å². The predicted octanol–water partition coefficient (Wildman–Crippen LogP) is -0.0806. The van der Waals surface area contributed by atoms with Gasteiger partial charge in [0, 0.05) is 19.8 Å². The molecule has 0 aliphatic heterocycles. The van der Waals surface area contributed by atoms with Crippen molar-refractivity contribution in [3.63, 3.8) is 0 Å². The van der Waals surface area contributed by atoms with Crippen molar-refractivity contribution in [3.05, 3.63) is 51.3 Å². The standard InChI is InChI=1S/C14H15N5O4S/c1-18-12(22)17-13(19(2)14(18)23)24-8-10(20)16-11(21)15-9-6-4-3-5-7-9/h3-7H,8H2,1-2H3,(H2,15,16,20,21). The first kappa shape index (κ1) is 17.5. The lowest BCUT2D eigenvalue weighted by atomic mass is 10.3. The molecule has 0 atom stereocenters. The van der Waals surface area contributed by atoms with Gasteiger partial charge < -0.3 is 5.32 Å². The molecule has 9 nitrogen and oxygen atoms in total. The molecule has 2 aromatic rings. The van der Waals surface area contributed by atoms with Crippen molar-refractivity contribution in [2.75, 3.05) is 11.1 Å². The van der Waals surface area contributed by atoms with E-state index in [9.17, 15) is 19.2 Å². The van der Waals surface area contributed by atoms with Gasteiger partial charge in [0.2, 0.25) is 5.91 Å². The molecular weight excluding hydrogens is 334 g/mol. The van der Waals surface area contributed by atoms with E-state index >= 15 is 0 Å². The molecule has 1 heterocycles. The molecule has 1 aromatic heterocycles. The minimum Gasteiger partial charge on any atom is -0.308 e. The van der Waals surface area contributed by atoms with E-state index in [-0.39, 0.29) is 10.9 Å². The number of imide groups is 1. The zero-order chi connectivity index (χ0) is 17.7. The molecule has 0 saturated carbocycles. The van der Waals surface area contributed by atoms with Crippen LogP contribution >= 0.6 is 11.8 Å². The summed E-state index contributed by atoms with van der Waals surface area (Å²) in [5.74, 6) is -0.751. The van der Waals surface area contributed by atoms with Crippen LogP contribution in [0.3, 0.4) is 0 Å². The number of aromatic nitrogens is 3. The van der Waals surface area contributed by atoms with E-state index in [2.05, 4.69) is 15.6 Å². The SMILES string of the molecule is Cn1c(SCC(=O)NC(=O)Nc2ccccc2)nc(=O)n(C)c1=O. The minimum absolute atomic E-state index is 0.0988. The monoisotopic (exact) mass is 349 g/mol. The molecule has 0 fully saturated rings. The van der Waals surface area contributed by atoms with Crippen LogP contribution in [0.5, 0.6) is 0 Å². The fourth-order valence-corrected chi connectivity index (χ4v) is 2.47. The highest BCUT2D eigenvalue weighted by atomic mass is 32.2. The van der Waals surface area contributed by atoms with Crippen molar-refractivity contribution < 1.29 is 9.59 Å². The zero-order valence-electron chi connectivity index (χ0n) is 13.0. The fraction of sp³-hybridized carbons (Fsp3) is 0.214. The number of nitrogens with one attached hydrogen (secondary N) is 2. The predicted molar refractivity (Wildman–Crippen MR) is 89.0 cm³/mol. The van der Waals surface area contributed by atoms with Crippen LogP contribution in [0.2, 0.25) is 0 Å². The summed E-state index contributed by atoms with van der Waals surface area (Å²) in [6.07, 6.45) is 0. The molecule has 0 radical (unpaired) electrons. The summed E-state index contributed by atoms with van der Waals surface area (Å²) in [4.78, 5) is 50.4. The maximum atomic E-state index is 11.8. The molecule has 0 spiro atoms. The summed E-state index contributed by atoms with van der Waals surface area (Å²) in [6, 6.07) is 7.98. The van der Waals surface area contributed by atoms with Gasteiger partial charge >= 0.3 is 17.4 Å². The van der Waals surface area contributed by atoms with Gasteiger partial charge in [0.05, 0.1) is 5.75 Å². The van der Waals surface area contributed by atoms with Gasteiger partial charge in [0.15, 0.2) is 5.16 Å². The third-order valence-electron chi connectivity index (χ3n) is 2.96. The van der Waals surface area contributed by atoms with E-state index in [0.29, 0.717) is 5.69 Å². The van der Waals surface area contributed by atoms with Gasteiger partial charge in [-0.2, -0.15) is 4.98 Å². The highest BCUT2D eigenvalue weighted by Crippen LogP contribution is 2.10. The van der Waals surface area contributed by atoms with Gasteiger partial charge in [-0.25, -0.2) is 19.0 Å². The van der Waals surface area contributed by atoms with Gasteiger partial charge in [0.25, 0.3) is 0 Å². The number of anilines is 1. The van der Waals surface area contributed by atoms with Crippen LogP contribution in [-0.2, 0) is 18.9 Å². The van der Waals surface area contributed by atoms with Gasteiger partial charge in [-0.3, -0.25) is 14.7 Å². The number of para-hydroxylation sites is 1. The van der Waals surface area contributed by atoms with Crippen LogP contribution in [-0.4, -0.2) is 31.8 Å². The molecule has 0 unspecified atom stereocenters. The smallest absolute Gasteiger partial charge is 0.308 e. The van der Waals surface area contributed by atoms with Gasteiger partial charge in [0.1, 0.15) is 0 Å². The Labute approximate surface area is 140 Å². The number of hydrogen-bond acceptors (Lipinski definition) is 6. The van der Waals surface area contributed by atoms with Crippen molar-refractivity contribution >= 4 is 29.4 Å². The quantitative estimate of drug-likeness (QED) is 0.746. The first-order valence-electron chi connectivity index (χ1n) is 6.81. The molecule has 0 saturated heterocycles. The molecular formula is C14H15N5O4S. The molecule has 2 N–H and O–H groups in total. The lowest BCUT2D eigenvalue weighted by molar-refractivity contribution is -0.117. The summed E-state index contributed by atoms with van der Waals surface area (Å²) >= 11 is 0.887. The Morgan fingerprint density at radius 3 is 2.46 bits per heavy atom. The Bertz CT molecular complexity index is 875. The van der Waals surface area contributed by atoms with Crippen molar-refractivity contribution in [1.82, 2.24) is 19.4 Å². The van der Waals surface area contributed by atoms with Crippen molar-refractivity contribution in [3.8, 4) is 0 Å². The summed E-state index contributed by atoms with van der Waals surface area (Å²) in [7, 11) is 2.75. The Morgan fingerprint density at radius 1 is 1.12 bits per heavy atom. The second-order valence-electron chi connectivity index (χ2n) is 4.73. The molecule has 126 valence electrons. The third-order valence-corrected chi connectivity index (χ3v) is 3.99. The van der Waals surface area contributed by atoms with Crippen LogP contribution in [0, 0.1) is 0 Å². The number of carbonyl (C=O) groups is 2.